The summed E-state index contributed by atoms with van der Waals surface area (Å²) in [5, 5.41) is 2.98. The minimum Gasteiger partial charge on any atom is -0.489 e. The van der Waals surface area contributed by atoms with Crippen molar-refractivity contribution in [2.75, 3.05) is 44.2 Å². The monoisotopic (exact) mass is 495 g/mol. The quantitative estimate of drug-likeness (QED) is 0.299. The van der Waals surface area contributed by atoms with E-state index in [1.165, 1.54) is 6.07 Å². The second-order valence-electron chi connectivity index (χ2n) is 5.45. The van der Waals surface area contributed by atoms with Crippen LogP contribution in [0.25, 0.3) is 0 Å². The number of ether oxygens (including phenoxy) is 1. The molecule has 2 N–H and O–H groups in total. The van der Waals surface area contributed by atoms with Crippen molar-refractivity contribution < 1.29 is 13.5 Å². The molecule has 1 aromatic carbocycles. The van der Waals surface area contributed by atoms with Gasteiger partial charge in [-0.05, 0) is 12.1 Å². The van der Waals surface area contributed by atoms with Crippen molar-refractivity contribution in [3.8, 4) is 5.75 Å². The maximum Gasteiger partial charge on any atom is 0.191 e. The summed E-state index contributed by atoms with van der Waals surface area (Å²) in [7, 11) is 0. The Morgan fingerprint density at radius 3 is 2.69 bits per heavy atom. The van der Waals surface area contributed by atoms with Crippen molar-refractivity contribution in [2.24, 2.45) is 10.7 Å². The summed E-state index contributed by atoms with van der Waals surface area (Å²) >= 11 is 1.62. The molecule has 2 heterocycles. The molecule has 0 spiro atoms. The Labute approximate surface area is 171 Å². The van der Waals surface area contributed by atoms with Gasteiger partial charge in [0.2, 0.25) is 0 Å². The highest BCUT2D eigenvalue weighted by Crippen LogP contribution is 2.19. The zero-order valence-corrected chi connectivity index (χ0v) is 17.1. The Morgan fingerprint density at radius 2 is 2.04 bits per heavy atom. The van der Waals surface area contributed by atoms with Crippen LogP contribution in [0.4, 0.5) is 13.9 Å². The van der Waals surface area contributed by atoms with E-state index in [4.69, 9.17) is 10.5 Å². The summed E-state index contributed by atoms with van der Waals surface area (Å²) in [6.07, 6.45) is 1.80. The van der Waals surface area contributed by atoms with Crippen molar-refractivity contribution in [3.05, 3.63) is 41.4 Å². The van der Waals surface area contributed by atoms with Crippen molar-refractivity contribution >= 4 is 46.4 Å². The van der Waals surface area contributed by atoms with Gasteiger partial charge in [0.25, 0.3) is 0 Å². The van der Waals surface area contributed by atoms with Gasteiger partial charge in [-0.15, -0.1) is 35.3 Å². The molecule has 0 radical (unpaired) electrons. The van der Waals surface area contributed by atoms with Crippen molar-refractivity contribution in [1.29, 1.82) is 0 Å². The predicted octanol–water partition coefficient (Wildman–Crippen LogP) is 2.56. The van der Waals surface area contributed by atoms with Crippen LogP contribution in [0.1, 0.15) is 0 Å². The van der Waals surface area contributed by atoms with E-state index in [2.05, 4.69) is 14.9 Å². The number of hydrogen-bond donors (Lipinski definition) is 1. The molecule has 1 saturated heterocycles. The van der Waals surface area contributed by atoms with Crippen LogP contribution in [0, 0.1) is 11.6 Å². The summed E-state index contributed by atoms with van der Waals surface area (Å²) in [5.41, 5.74) is 6.01. The van der Waals surface area contributed by atoms with Crippen LogP contribution in [0.5, 0.6) is 5.75 Å². The number of guanidine groups is 1. The Balaban J connectivity index is 0.00000243. The molecule has 2 aromatic rings. The first-order valence-corrected chi connectivity index (χ1v) is 8.78. The van der Waals surface area contributed by atoms with E-state index in [9.17, 15) is 8.78 Å². The molecule has 0 unspecified atom stereocenters. The van der Waals surface area contributed by atoms with Gasteiger partial charge in [-0.1, -0.05) is 0 Å². The molecule has 0 atom stereocenters. The number of nitrogens with two attached hydrogens (primary N) is 1. The van der Waals surface area contributed by atoms with Crippen LogP contribution in [0.15, 0.2) is 34.8 Å². The minimum atomic E-state index is -0.727. The van der Waals surface area contributed by atoms with E-state index in [0.717, 1.165) is 43.4 Å². The third-order valence-electron chi connectivity index (χ3n) is 3.81. The molecule has 1 aliphatic rings. The minimum absolute atomic E-state index is 0. The highest BCUT2D eigenvalue weighted by atomic mass is 127. The third-order valence-corrected chi connectivity index (χ3v) is 4.64. The lowest BCUT2D eigenvalue weighted by molar-refractivity contribution is 0.308. The summed E-state index contributed by atoms with van der Waals surface area (Å²) in [5.74, 6) is -0.909. The van der Waals surface area contributed by atoms with E-state index in [1.54, 1.807) is 17.5 Å². The number of nitrogens with zero attached hydrogens (tertiary/aromatic N) is 4. The maximum absolute atomic E-state index is 13.4. The summed E-state index contributed by atoms with van der Waals surface area (Å²) in [6.45, 7) is 3.67. The predicted molar refractivity (Wildman–Crippen MR) is 110 cm³/mol. The number of halogens is 3. The molecule has 142 valence electrons. The molecule has 10 heteroatoms. The lowest BCUT2D eigenvalue weighted by Crippen LogP contribution is -2.51. The topological polar surface area (TPSA) is 67.0 Å². The Hall–Kier alpha value is -1.69. The number of benzene rings is 1. The molecule has 0 aliphatic carbocycles. The van der Waals surface area contributed by atoms with Gasteiger partial charge >= 0.3 is 0 Å². The van der Waals surface area contributed by atoms with E-state index in [1.807, 2.05) is 10.3 Å². The molecule has 3 rings (SSSR count). The smallest absolute Gasteiger partial charge is 0.191 e. The van der Waals surface area contributed by atoms with Crippen LogP contribution in [0.3, 0.4) is 0 Å². The summed E-state index contributed by atoms with van der Waals surface area (Å²) in [6, 6.07) is 3.20. The van der Waals surface area contributed by atoms with Gasteiger partial charge < -0.3 is 20.3 Å². The van der Waals surface area contributed by atoms with E-state index in [-0.39, 0.29) is 36.3 Å². The van der Waals surface area contributed by atoms with Gasteiger partial charge in [0.1, 0.15) is 12.4 Å². The van der Waals surface area contributed by atoms with Gasteiger partial charge in [-0.2, -0.15) is 0 Å². The van der Waals surface area contributed by atoms with Crippen LogP contribution in [-0.2, 0) is 0 Å². The van der Waals surface area contributed by atoms with Crippen molar-refractivity contribution in [1.82, 2.24) is 9.88 Å². The summed E-state index contributed by atoms with van der Waals surface area (Å²) < 4.78 is 31.5. The largest absolute Gasteiger partial charge is 0.489 e. The first-order chi connectivity index (χ1) is 12.1. The number of rotatable bonds is 5. The SMILES string of the molecule is I.NC(=NCCOc1ccc(F)cc1F)N1CCN(c2nccs2)CC1. The number of hydrogen-bond acceptors (Lipinski definition) is 5. The molecule has 1 aromatic heterocycles. The van der Waals surface area contributed by atoms with Gasteiger partial charge in [0.05, 0.1) is 6.54 Å². The first-order valence-electron chi connectivity index (χ1n) is 7.90. The van der Waals surface area contributed by atoms with Gasteiger partial charge in [0.15, 0.2) is 22.7 Å². The zero-order chi connectivity index (χ0) is 17.6. The van der Waals surface area contributed by atoms with Crippen molar-refractivity contribution in [2.45, 2.75) is 0 Å². The highest BCUT2D eigenvalue weighted by Gasteiger charge is 2.19. The highest BCUT2D eigenvalue weighted by molar-refractivity contribution is 14.0. The fraction of sp³-hybridized carbons (Fsp3) is 0.375. The van der Waals surface area contributed by atoms with Gasteiger partial charge in [0, 0.05) is 43.8 Å². The van der Waals surface area contributed by atoms with Gasteiger partial charge in [-0.3, -0.25) is 0 Å². The van der Waals surface area contributed by atoms with E-state index >= 15 is 0 Å². The first kappa shape index (κ1) is 20.6. The normalized spacial score (nSPS) is 14.9. The van der Waals surface area contributed by atoms with Crippen LogP contribution < -0.4 is 15.4 Å². The lowest BCUT2D eigenvalue weighted by atomic mass is 10.3. The Kier molecular flexibility index (Phi) is 7.82. The van der Waals surface area contributed by atoms with Crippen LogP contribution in [-0.4, -0.2) is 55.2 Å². The molecule has 0 bridgehead atoms. The number of anilines is 1. The molecule has 0 amide bonds. The molecule has 1 aliphatic heterocycles. The number of aliphatic imine (C=N–C) groups is 1. The van der Waals surface area contributed by atoms with Crippen LogP contribution >= 0.6 is 35.3 Å². The Bertz CT molecular complexity index is 723. The van der Waals surface area contributed by atoms with Crippen LogP contribution in [0.2, 0.25) is 0 Å². The molecule has 26 heavy (non-hydrogen) atoms. The fourth-order valence-corrected chi connectivity index (χ4v) is 3.20. The molecular weight excluding hydrogens is 475 g/mol. The number of aromatic nitrogens is 1. The molecular formula is C16H20F2IN5OS. The van der Waals surface area contributed by atoms with E-state index in [0.29, 0.717) is 12.5 Å². The zero-order valence-electron chi connectivity index (χ0n) is 14.0. The third kappa shape index (κ3) is 5.40. The standard InChI is InChI=1S/C16H19F2N5OS.HI/c17-12-1-2-14(13(18)11-12)24-9-3-20-15(19)22-5-7-23(8-6-22)16-21-4-10-25-16;/h1-2,4,10-11H,3,5-9H2,(H2,19,20);1H. The lowest BCUT2D eigenvalue weighted by Gasteiger charge is -2.35. The Morgan fingerprint density at radius 1 is 1.27 bits per heavy atom. The summed E-state index contributed by atoms with van der Waals surface area (Å²) in [4.78, 5) is 12.8. The second-order valence-corrected chi connectivity index (χ2v) is 6.32. The molecule has 1 fully saturated rings. The maximum atomic E-state index is 13.4. The fourth-order valence-electron chi connectivity index (χ4n) is 2.51. The van der Waals surface area contributed by atoms with Crippen molar-refractivity contribution in [3.63, 3.8) is 0 Å². The second kappa shape index (κ2) is 9.86. The van der Waals surface area contributed by atoms with Gasteiger partial charge in [-0.25, -0.2) is 18.8 Å². The average molecular weight is 495 g/mol. The number of thiazole rings is 1. The number of piperazine rings is 1. The molecule has 6 nitrogen and oxygen atoms in total. The average Bonchev–Trinajstić information content (AvgIpc) is 3.15. The molecule has 0 saturated carbocycles. The van der Waals surface area contributed by atoms with E-state index < -0.39 is 11.6 Å².